The summed E-state index contributed by atoms with van der Waals surface area (Å²) < 4.78 is 8.35. The Hall–Kier alpha value is -3.08. The van der Waals surface area contributed by atoms with Crippen LogP contribution in [0, 0.1) is 0 Å². The highest BCUT2D eigenvalue weighted by Crippen LogP contribution is 2.47. The highest BCUT2D eigenvalue weighted by Gasteiger charge is 2.29. The van der Waals surface area contributed by atoms with Crippen LogP contribution in [0.2, 0.25) is 0 Å². The molecule has 3 aromatic rings. The lowest BCUT2D eigenvalue weighted by molar-refractivity contribution is -0.122. The first-order chi connectivity index (χ1) is 15.9. The van der Waals surface area contributed by atoms with E-state index in [1.165, 1.54) is 43.1 Å². The van der Waals surface area contributed by atoms with Gasteiger partial charge in [0.05, 0.1) is 5.69 Å². The van der Waals surface area contributed by atoms with Crippen LogP contribution in [0.3, 0.4) is 0 Å². The average Bonchev–Trinajstić information content (AvgIpc) is 3.17. The van der Waals surface area contributed by atoms with E-state index in [9.17, 15) is 9.59 Å². The number of carbonyl (C=O) groups excluding carboxylic acids is 2. The van der Waals surface area contributed by atoms with Crippen LogP contribution in [0.4, 0.5) is 0 Å². The molecule has 0 aliphatic heterocycles. The number of ether oxygens (including phenoxy) is 1. The lowest BCUT2D eigenvalue weighted by Crippen LogP contribution is -2.25. The smallest absolute Gasteiger partial charge is 0.257 e. The number of likely N-dealkylation sites (N-methyl/N-ethyl adjacent to an activating group) is 1. The molecule has 1 N–H and O–H groups in total. The number of para-hydroxylation sites is 1. The lowest BCUT2D eigenvalue weighted by Gasteiger charge is -2.25. The summed E-state index contributed by atoms with van der Waals surface area (Å²) in [4.78, 5) is 24.1. The quantitative estimate of drug-likeness (QED) is 0.436. The van der Waals surface area contributed by atoms with E-state index in [-0.39, 0.29) is 24.3 Å². The highest BCUT2D eigenvalue weighted by molar-refractivity contribution is 6.01. The van der Waals surface area contributed by atoms with Crippen LogP contribution in [-0.4, -0.2) is 29.9 Å². The summed E-state index contributed by atoms with van der Waals surface area (Å²) in [6.07, 6.45) is 6.09. The molecule has 0 bridgehead atoms. The molecule has 174 valence electrons. The van der Waals surface area contributed by atoms with Crippen molar-refractivity contribution in [2.45, 2.75) is 64.8 Å². The SMILES string of the molecule is CNC(=O)COc1ccccc1-c1c(C2CCCCC2)c2ccc(C(C)=O)cc2n1C(C)C. The Morgan fingerprint density at radius 1 is 1.09 bits per heavy atom. The summed E-state index contributed by atoms with van der Waals surface area (Å²) in [7, 11) is 1.61. The normalized spacial score (nSPS) is 14.6. The predicted octanol–water partition coefficient (Wildman–Crippen LogP) is 6.26. The van der Waals surface area contributed by atoms with Gasteiger partial charge in [0.25, 0.3) is 5.91 Å². The zero-order valence-electron chi connectivity index (χ0n) is 20.1. The number of nitrogens with one attached hydrogen (secondary N) is 1. The zero-order valence-corrected chi connectivity index (χ0v) is 20.1. The fourth-order valence-electron chi connectivity index (χ4n) is 5.17. The topological polar surface area (TPSA) is 60.3 Å². The molecule has 2 aromatic carbocycles. The summed E-state index contributed by atoms with van der Waals surface area (Å²) in [5.41, 5.74) is 5.32. The zero-order chi connectivity index (χ0) is 23.5. The molecule has 0 atom stereocenters. The number of ketones is 1. The maximum Gasteiger partial charge on any atom is 0.257 e. The Kier molecular flexibility index (Phi) is 6.87. The van der Waals surface area contributed by atoms with Crippen molar-refractivity contribution in [2.75, 3.05) is 13.7 Å². The van der Waals surface area contributed by atoms with E-state index < -0.39 is 0 Å². The van der Waals surface area contributed by atoms with Gasteiger partial charge in [-0.25, -0.2) is 0 Å². The van der Waals surface area contributed by atoms with Crippen molar-refractivity contribution >= 4 is 22.6 Å². The molecule has 1 aliphatic rings. The van der Waals surface area contributed by atoms with Crippen LogP contribution < -0.4 is 10.1 Å². The van der Waals surface area contributed by atoms with Crippen LogP contribution in [0.1, 0.15) is 80.8 Å². The van der Waals surface area contributed by atoms with Crippen LogP contribution in [-0.2, 0) is 4.79 Å². The van der Waals surface area contributed by atoms with Crippen LogP contribution >= 0.6 is 0 Å². The van der Waals surface area contributed by atoms with E-state index in [1.807, 2.05) is 30.3 Å². The second-order valence-corrected chi connectivity index (χ2v) is 9.31. The molecule has 5 nitrogen and oxygen atoms in total. The first-order valence-corrected chi connectivity index (χ1v) is 12.0. The van der Waals surface area contributed by atoms with Crippen molar-refractivity contribution < 1.29 is 14.3 Å². The largest absolute Gasteiger partial charge is 0.483 e. The molecule has 4 rings (SSSR count). The molecule has 1 aromatic heterocycles. The Bertz CT molecular complexity index is 1170. The minimum absolute atomic E-state index is 0.0251. The van der Waals surface area contributed by atoms with Gasteiger partial charge in [-0.15, -0.1) is 0 Å². The van der Waals surface area contributed by atoms with Crippen LogP contribution in [0.15, 0.2) is 42.5 Å². The van der Waals surface area contributed by atoms with Gasteiger partial charge in [-0.3, -0.25) is 9.59 Å². The molecule has 0 radical (unpaired) electrons. The van der Waals surface area contributed by atoms with Gasteiger partial charge >= 0.3 is 0 Å². The molecule has 1 saturated carbocycles. The number of amides is 1. The predicted molar refractivity (Wildman–Crippen MR) is 133 cm³/mol. The molecular weight excluding hydrogens is 412 g/mol. The fraction of sp³-hybridized carbons (Fsp3) is 0.429. The Morgan fingerprint density at radius 2 is 1.82 bits per heavy atom. The number of Topliss-reactive ketones (excluding diaryl/α,β-unsaturated/α-hetero) is 1. The average molecular weight is 447 g/mol. The first kappa shape index (κ1) is 23.1. The van der Waals surface area contributed by atoms with Gasteiger partial charge in [-0.2, -0.15) is 0 Å². The van der Waals surface area contributed by atoms with Crippen molar-refractivity contribution in [1.82, 2.24) is 9.88 Å². The second kappa shape index (κ2) is 9.82. The number of rotatable bonds is 7. The lowest BCUT2D eigenvalue weighted by atomic mass is 9.81. The van der Waals surface area contributed by atoms with Crippen molar-refractivity contribution in [3.63, 3.8) is 0 Å². The second-order valence-electron chi connectivity index (χ2n) is 9.31. The number of benzene rings is 2. The molecule has 5 heteroatoms. The minimum Gasteiger partial charge on any atom is -0.483 e. The number of hydrogen-bond acceptors (Lipinski definition) is 3. The van der Waals surface area contributed by atoms with Crippen molar-refractivity contribution in [3.8, 4) is 17.0 Å². The third-order valence-corrected chi connectivity index (χ3v) is 6.76. The monoisotopic (exact) mass is 446 g/mol. The standard InChI is InChI=1S/C28H34N2O3/c1-18(2)30-24-16-21(19(3)31)14-15-22(24)27(20-10-6-5-7-11-20)28(30)23-12-8-9-13-25(23)33-17-26(32)29-4/h8-9,12-16,18,20H,5-7,10-11,17H2,1-4H3,(H,29,32). The van der Waals surface area contributed by atoms with Crippen LogP contribution in [0.25, 0.3) is 22.2 Å². The van der Waals surface area contributed by atoms with Gasteiger partial charge in [-0.1, -0.05) is 43.5 Å². The van der Waals surface area contributed by atoms with E-state index in [0.29, 0.717) is 11.7 Å². The molecule has 0 unspecified atom stereocenters. The van der Waals surface area contributed by atoms with Gasteiger partial charge in [-0.05, 0) is 63.3 Å². The van der Waals surface area contributed by atoms with E-state index in [2.05, 4.69) is 35.9 Å². The summed E-state index contributed by atoms with van der Waals surface area (Å²) >= 11 is 0. The number of carbonyl (C=O) groups is 2. The molecule has 0 saturated heterocycles. The van der Waals surface area contributed by atoms with Crippen molar-refractivity contribution in [1.29, 1.82) is 0 Å². The van der Waals surface area contributed by atoms with Crippen LogP contribution in [0.5, 0.6) is 5.75 Å². The maximum absolute atomic E-state index is 12.2. The number of fused-ring (bicyclic) bond motifs is 1. The van der Waals surface area contributed by atoms with Gasteiger partial charge in [0.15, 0.2) is 12.4 Å². The van der Waals surface area contributed by atoms with E-state index in [1.54, 1.807) is 14.0 Å². The Morgan fingerprint density at radius 3 is 2.48 bits per heavy atom. The Balaban J connectivity index is 2.00. The van der Waals surface area contributed by atoms with E-state index in [4.69, 9.17) is 4.74 Å². The molecule has 0 spiro atoms. The Labute approximate surface area is 196 Å². The molecule has 1 amide bonds. The summed E-state index contributed by atoms with van der Waals surface area (Å²) in [6, 6.07) is 14.3. The number of nitrogens with zero attached hydrogens (tertiary/aromatic N) is 1. The van der Waals surface area contributed by atoms with Crippen molar-refractivity contribution in [3.05, 3.63) is 53.6 Å². The molecule has 1 aliphatic carbocycles. The summed E-state index contributed by atoms with van der Waals surface area (Å²) in [5.74, 6) is 1.08. The fourth-order valence-corrected chi connectivity index (χ4v) is 5.17. The first-order valence-electron chi connectivity index (χ1n) is 12.0. The van der Waals surface area contributed by atoms with Gasteiger partial charge in [0, 0.05) is 35.1 Å². The van der Waals surface area contributed by atoms with E-state index in [0.717, 1.165) is 22.3 Å². The third-order valence-electron chi connectivity index (χ3n) is 6.76. The summed E-state index contributed by atoms with van der Waals surface area (Å²) in [6.45, 7) is 5.96. The van der Waals surface area contributed by atoms with Crippen molar-refractivity contribution in [2.24, 2.45) is 0 Å². The number of aromatic nitrogens is 1. The van der Waals surface area contributed by atoms with Gasteiger partial charge in [0.2, 0.25) is 0 Å². The van der Waals surface area contributed by atoms with Gasteiger partial charge in [0.1, 0.15) is 5.75 Å². The highest BCUT2D eigenvalue weighted by atomic mass is 16.5. The number of hydrogen-bond donors (Lipinski definition) is 1. The molecular formula is C28H34N2O3. The minimum atomic E-state index is -0.159. The maximum atomic E-state index is 12.2. The molecule has 1 heterocycles. The van der Waals surface area contributed by atoms with Gasteiger partial charge < -0.3 is 14.6 Å². The van der Waals surface area contributed by atoms with E-state index >= 15 is 0 Å². The summed E-state index contributed by atoms with van der Waals surface area (Å²) in [5, 5.41) is 3.84. The molecule has 1 fully saturated rings. The third kappa shape index (κ3) is 4.54. The molecule has 33 heavy (non-hydrogen) atoms.